The fourth-order valence-corrected chi connectivity index (χ4v) is 2.52. The molecule has 1 aliphatic heterocycles. The average Bonchev–Trinajstić information content (AvgIpc) is 2.63. The van der Waals surface area contributed by atoms with Crippen LogP contribution in [0.3, 0.4) is 0 Å². The molecule has 0 atom stereocenters. The molecule has 1 aromatic carbocycles. The zero-order valence-corrected chi connectivity index (χ0v) is 9.88. The third-order valence-electron chi connectivity index (χ3n) is 3.45. The van der Waals surface area contributed by atoms with Crippen molar-refractivity contribution in [2.45, 2.75) is 26.2 Å². The van der Waals surface area contributed by atoms with Gasteiger partial charge in [-0.2, -0.15) is 0 Å². The molecule has 1 N–H and O–H groups in total. The van der Waals surface area contributed by atoms with Crippen LogP contribution in [0.25, 0.3) is 11.0 Å². The molecule has 0 bridgehead atoms. The summed E-state index contributed by atoms with van der Waals surface area (Å²) in [6.45, 7) is 3.25. The van der Waals surface area contributed by atoms with E-state index in [1.807, 2.05) is 0 Å². The van der Waals surface area contributed by atoms with E-state index in [4.69, 9.17) is 0 Å². The molecule has 2 aromatic rings. The number of anilines is 1. The third kappa shape index (κ3) is 1.31. The first-order chi connectivity index (χ1) is 7.79. The van der Waals surface area contributed by atoms with E-state index in [0.717, 1.165) is 24.3 Å². The average molecular weight is 215 g/mol. The topological polar surface area (TPSA) is 29.9 Å². The van der Waals surface area contributed by atoms with Crippen LogP contribution >= 0.6 is 0 Å². The molecule has 0 unspecified atom stereocenters. The summed E-state index contributed by atoms with van der Waals surface area (Å²) in [7, 11) is 2.10. The summed E-state index contributed by atoms with van der Waals surface area (Å²) < 4.78 is 2.20. The second kappa shape index (κ2) is 3.51. The minimum Gasteiger partial charge on any atom is -0.385 e. The number of hydrogen-bond donors (Lipinski definition) is 1. The van der Waals surface area contributed by atoms with Crippen LogP contribution in [-0.2, 0) is 19.9 Å². The number of aromatic nitrogens is 2. The number of rotatable bonds is 1. The first-order valence-electron chi connectivity index (χ1n) is 6.01. The highest BCUT2D eigenvalue weighted by Gasteiger charge is 2.13. The molecular weight excluding hydrogens is 198 g/mol. The lowest BCUT2D eigenvalue weighted by Gasteiger charge is -2.17. The summed E-state index contributed by atoms with van der Waals surface area (Å²) >= 11 is 0. The van der Waals surface area contributed by atoms with Crippen molar-refractivity contribution >= 4 is 16.7 Å². The normalized spacial score (nSPS) is 14.9. The molecule has 1 aromatic heterocycles. The quantitative estimate of drug-likeness (QED) is 0.792. The zero-order valence-electron chi connectivity index (χ0n) is 9.88. The second-order valence-corrected chi connectivity index (χ2v) is 4.47. The van der Waals surface area contributed by atoms with Gasteiger partial charge >= 0.3 is 0 Å². The van der Waals surface area contributed by atoms with E-state index < -0.39 is 0 Å². The van der Waals surface area contributed by atoms with E-state index in [1.165, 1.54) is 29.6 Å². The molecule has 0 saturated heterocycles. The van der Waals surface area contributed by atoms with E-state index in [0.29, 0.717) is 0 Å². The van der Waals surface area contributed by atoms with E-state index >= 15 is 0 Å². The Hall–Kier alpha value is -1.51. The Balaban J connectivity index is 2.25. The van der Waals surface area contributed by atoms with Crippen molar-refractivity contribution in [3.63, 3.8) is 0 Å². The minimum atomic E-state index is 0.989. The Morgan fingerprint density at radius 1 is 1.44 bits per heavy atom. The minimum absolute atomic E-state index is 0.989. The van der Waals surface area contributed by atoms with Gasteiger partial charge in [-0.05, 0) is 30.5 Å². The number of benzene rings is 1. The molecule has 84 valence electrons. The van der Waals surface area contributed by atoms with Gasteiger partial charge in [-0.25, -0.2) is 4.98 Å². The lowest BCUT2D eigenvalue weighted by atomic mass is 10.0. The number of aryl methyl sites for hydroxylation is 3. The fraction of sp³-hybridized carbons (Fsp3) is 0.462. The summed E-state index contributed by atoms with van der Waals surface area (Å²) in [5.41, 5.74) is 5.09. The summed E-state index contributed by atoms with van der Waals surface area (Å²) in [5.74, 6) is 1.16. The maximum Gasteiger partial charge on any atom is 0.109 e. The van der Waals surface area contributed by atoms with Gasteiger partial charge in [0.2, 0.25) is 0 Å². The highest BCUT2D eigenvalue weighted by molar-refractivity contribution is 5.82. The molecule has 3 heteroatoms. The molecule has 1 aliphatic rings. The first-order valence-corrected chi connectivity index (χ1v) is 6.01. The highest BCUT2D eigenvalue weighted by atomic mass is 15.1. The summed E-state index contributed by atoms with van der Waals surface area (Å²) in [6.07, 6.45) is 3.39. The van der Waals surface area contributed by atoms with Crippen molar-refractivity contribution in [2.24, 2.45) is 7.05 Å². The SMILES string of the molecule is CCc1nc2cc3c(cc2n1C)NCCC3. The molecule has 0 spiro atoms. The fourth-order valence-electron chi connectivity index (χ4n) is 2.52. The molecule has 0 radical (unpaired) electrons. The van der Waals surface area contributed by atoms with Crippen LogP contribution in [0.1, 0.15) is 24.7 Å². The van der Waals surface area contributed by atoms with Gasteiger partial charge in [0, 0.05) is 25.7 Å². The lowest BCUT2D eigenvalue weighted by Crippen LogP contribution is -2.11. The van der Waals surface area contributed by atoms with Crippen molar-refractivity contribution in [3.05, 3.63) is 23.5 Å². The molecule has 3 nitrogen and oxygen atoms in total. The number of nitrogens with one attached hydrogen (secondary N) is 1. The monoisotopic (exact) mass is 215 g/mol. The van der Waals surface area contributed by atoms with E-state index in [1.54, 1.807) is 0 Å². The van der Waals surface area contributed by atoms with Gasteiger partial charge in [0.05, 0.1) is 11.0 Å². The molecule has 0 amide bonds. The predicted molar refractivity (Wildman–Crippen MR) is 66.9 cm³/mol. The maximum absolute atomic E-state index is 4.67. The van der Waals surface area contributed by atoms with E-state index in [9.17, 15) is 0 Å². The molecule has 16 heavy (non-hydrogen) atoms. The van der Waals surface area contributed by atoms with Gasteiger partial charge in [0.1, 0.15) is 5.82 Å². The zero-order chi connectivity index (χ0) is 11.1. The van der Waals surface area contributed by atoms with Crippen LogP contribution in [0.15, 0.2) is 12.1 Å². The van der Waals surface area contributed by atoms with Crippen LogP contribution in [-0.4, -0.2) is 16.1 Å². The van der Waals surface area contributed by atoms with Gasteiger partial charge in [0.25, 0.3) is 0 Å². The predicted octanol–water partition coefficient (Wildman–Crippen LogP) is 2.49. The Kier molecular flexibility index (Phi) is 2.13. The van der Waals surface area contributed by atoms with Crippen LogP contribution in [0.5, 0.6) is 0 Å². The molecule has 2 heterocycles. The van der Waals surface area contributed by atoms with Crippen molar-refractivity contribution < 1.29 is 0 Å². The van der Waals surface area contributed by atoms with Gasteiger partial charge in [-0.3, -0.25) is 0 Å². The van der Waals surface area contributed by atoms with Crippen LogP contribution in [0, 0.1) is 0 Å². The molecule has 0 saturated carbocycles. The maximum atomic E-state index is 4.67. The number of imidazole rings is 1. The van der Waals surface area contributed by atoms with Crippen molar-refractivity contribution in [1.82, 2.24) is 9.55 Å². The lowest BCUT2D eigenvalue weighted by molar-refractivity contribution is 0.825. The van der Waals surface area contributed by atoms with Gasteiger partial charge in [0.15, 0.2) is 0 Å². The van der Waals surface area contributed by atoms with Crippen molar-refractivity contribution in [2.75, 3.05) is 11.9 Å². The third-order valence-corrected chi connectivity index (χ3v) is 3.45. The largest absolute Gasteiger partial charge is 0.385 e. The Bertz CT molecular complexity index is 540. The summed E-state index contributed by atoms with van der Waals surface area (Å²) in [5, 5.41) is 3.47. The Morgan fingerprint density at radius 2 is 2.31 bits per heavy atom. The summed E-state index contributed by atoms with van der Waals surface area (Å²) in [4.78, 5) is 4.67. The Morgan fingerprint density at radius 3 is 3.12 bits per heavy atom. The standard InChI is InChI=1S/C13H17N3/c1-3-13-15-11-7-9-5-4-6-14-10(9)8-12(11)16(13)2/h7-8,14H,3-6H2,1-2H3. The van der Waals surface area contributed by atoms with Crippen molar-refractivity contribution in [3.8, 4) is 0 Å². The molecule has 3 rings (SSSR count). The van der Waals surface area contributed by atoms with E-state index in [-0.39, 0.29) is 0 Å². The molecule has 0 aliphatic carbocycles. The van der Waals surface area contributed by atoms with Gasteiger partial charge in [-0.1, -0.05) is 6.92 Å². The van der Waals surface area contributed by atoms with Gasteiger partial charge < -0.3 is 9.88 Å². The Labute approximate surface area is 95.5 Å². The van der Waals surface area contributed by atoms with Crippen LogP contribution in [0.2, 0.25) is 0 Å². The second-order valence-electron chi connectivity index (χ2n) is 4.47. The number of hydrogen-bond acceptors (Lipinski definition) is 2. The van der Waals surface area contributed by atoms with Crippen molar-refractivity contribution in [1.29, 1.82) is 0 Å². The highest BCUT2D eigenvalue weighted by Crippen LogP contribution is 2.27. The first kappa shape index (κ1) is 9.70. The number of fused-ring (bicyclic) bond motifs is 2. The summed E-state index contributed by atoms with van der Waals surface area (Å²) in [6, 6.07) is 4.49. The molecule has 0 fully saturated rings. The smallest absolute Gasteiger partial charge is 0.109 e. The number of nitrogens with zero attached hydrogens (tertiary/aromatic N) is 2. The van der Waals surface area contributed by atoms with Crippen LogP contribution < -0.4 is 5.32 Å². The van der Waals surface area contributed by atoms with Crippen LogP contribution in [0.4, 0.5) is 5.69 Å². The van der Waals surface area contributed by atoms with E-state index in [2.05, 4.69) is 41.0 Å². The van der Waals surface area contributed by atoms with Gasteiger partial charge in [-0.15, -0.1) is 0 Å². The molecular formula is C13H17N3.